The monoisotopic (exact) mass is 379 g/mol. The number of nitrogens with one attached hydrogen (secondary N) is 1. The van der Waals surface area contributed by atoms with E-state index in [0.29, 0.717) is 5.69 Å². The Hall–Kier alpha value is -2.16. The van der Waals surface area contributed by atoms with Crippen LogP contribution >= 0.6 is 34.7 Å². The van der Waals surface area contributed by atoms with Gasteiger partial charge in [-0.1, -0.05) is 35.5 Å². The van der Waals surface area contributed by atoms with Crippen molar-refractivity contribution in [1.82, 2.24) is 4.98 Å². The Morgan fingerprint density at radius 2 is 2.12 bits per heavy atom. The van der Waals surface area contributed by atoms with Gasteiger partial charge in [0.05, 0.1) is 20.9 Å². The molecule has 6 nitrogen and oxygen atoms in total. The molecule has 2 aromatic carbocycles. The van der Waals surface area contributed by atoms with Gasteiger partial charge in [-0.15, -0.1) is 11.3 Å². The topological polar surface area (TPSA) is 85.1 Å². The van der Waals surface area contributed by atoms with Gasteiger partial charge in [-0.2, -0.15) is 0 Å². The van der Waals surface area contributed by atoms with E-state index in [9.17, 15) is 14.9 Å². The molecule has 0 spiro atoms. The van der Waals surface area contributed by atoms with Gasteiger partial charge in [0, 0.05) is 11.8 Å². The molecule has 0 aliphatic carbocycles. The van der Waals surface area contributed by atoms with Gasteiger partial charge in [0.1, 0.15) is 5.02 Å². The van der Waals surface area contributed by atoms with Crippen molar-refractivity contribution >= 4 is 62.2 Å². The fraction of sp³-hybridized carbons (Fsp3) is 0.0667. The summed E-state index contributed by atoms with van der Waals surface area (Å²) in [6.45, 7) is 0. The minimum atomic E-state index is -0.589. The van der Waals surface area contributed by atoms with Crippen LogP contribution in [0.4, 0.5) is 11.4 Å². The minimum Gasteiger partial charge on any atom is -0.325 e. The van der Waals surface area contributed by atoms with Crippen LogP contribution in [0.3, 0.4) is 0 Å². The summed E-state index contributed by atoms with van der Waals surface area (Å²) in [5, 5.41) is 13.5. The molecule has 0 fully saturated rings. The second-order valence-electron chi connectivity index (χ2n) is 4.71. The zero-order valence-corrected chi connectivity index (χ0v) is 14.5. The van der Waals surface area contributed by atoms with Gasteiger partial charge in [0.2, 0.25) is 5.91 Å². The molecule has 1 N–H and O–H groups in total. The van der Waals surface area contributed by atoms with Crippen LogP contribution in [-0.4, -0.2) is 21.6 Å². The Balaban J connectivity index is 1.63. The first-order valence-corrected chi connectivity index (χ1v) is 8.93. The maximum absolute atomic E-state index is 12.0. The summed E-state index contributed by atoms with van der Waals surface area (Å²) in [5.74, 6) is -0.105. The highest BCUT2D eigenvalue weighted by atomic mass is 35.5. The van der Waals surface area contributed by atoms with Gasteiger partial charge in [-0.05, 0) is 24.3 Å². The molecule has 3 aromatic rings. The number of hydrogen-bond donors (Lipinski definition) is 1. The lowest BCUT2D eigenvalue weighted by molar-refractivity contribution is -0.384. The summed E-state index contributed by atoms with van der Waals surface area (Å²) in [4.78, 5) is 26.7. The average Bonchev–Trinajstić information content (AvgIpc) is 2.97. The quantitative estimate of drug-likeness (QED) is 0.398. The first kappa shape index (κ1) is 16.7. The number of rotatable bonds is 5. The number of hydrogen-bond acceptors (Lipinski definition) is 6. The molecule has 122 valence electrons. The maximum Gasteiger partial charge on any atom is 0.289 e. The molecule has 0 atom stereocenters. The van der Waals surface area contributed by atoms with E-state index in [1.54, 1.807) is 0 Å². The van der Waals surface area contributed by atoms with Crippen LogP contribution in [-0.2, 0) is 4.79 Å². The summed E-state index contributed by atoms with van der Waals surface area (Å²) < 4.78 is 1.86. The molecule has 1 aromatic heterocycles. The standard InChI is InChI=1S/C15H10ClN3O3S2/c16-10-6-5-9(7-12(10)19(21)22)17-14(20)8-23-15-18-11-3-1-2-4-13(11)24-15/h1-7H,8H2,(H,17,20). The number of carbonyl (C=O) groups excluding carboxylic acids is 1. The highest BCUT2D eigenvalue weighted by Gasteiger charge is 2.14. The van der Waals surface area contributed by atoms with Gasteiger partial charge in [-0.3, -0.25) is 14.9 Å². The number of amides is 1. The van der Waals surface area contributed by atoms with Gasteiger partial charge in [-0.25, -0.2) is 4.98 Å². The van der Waals surface area contributed by atoms with E-state index >= 15 is 0 Å². The predicted octanol–water partition coefficient (Wildman–Crippen LogP) is 4.59. The zero-order valence-electron chi connectivity index (χ0n) is 12.1. The molecule has 0 radical (unpaired) electrons. The third-order valence-electron chi connectivity index (χ3n) is 3.03. The number of benzene rings is 2. The van der Waals surface area contributed by atoms with Crippen LogP contribution in [0.2, 0.25) is 5.02 Å². The van der Waals surface area contributed by atoms with Gasteiger partial charge >= 0.3 is 0 Å². The number of fused-ring (bicyclic) bond motifs is 1. The Kier molecular flexibility index (Phi) is 4.98. The number of aromatic nitrogens is 1. The summed E-state index contributed by atoms with van der Waals surface area (Å²) in [5.41, 5.74) is 0.994. The summed E-state index contributed by atoms with van der Waals surface area (Å²) in [6.07, 6.45) is 0. The van der Waals surface area contributed by atoms with E-state index in [-0.39, 0.29) is 22.4 Å². The van der Waals surface area contributed by atoms with E-state index in [0.717, 1.165) is 14.6 Å². The fourth-order valence-electron chi connectivity index (χ4n) is 1.97. The van der Waals surface area contributed by atoms with Crippen molar-refractivity contribution in [3.8, 4) is 0 Å². The summed E-state index contributed by atoms with van der Waals surface area (Å²) in [6, 6.07) is 11.9. The SMILES string of the molecule is O=C(CSc1nc2ccccc2s1)Nc1ccc(Cl)c([N+](=O)[O-])c1. The highest BCUT2D eigenvalue weighted by molar-refractivity contribution is 8.01. The molecule has 0 aliphatic rings. The summed E-state index contributed by atoms with van der Waals surface area (Å²) >= 11 is 8.58. The van der Waals surface area contributed by atoms with E-state index in [1.165, 1.54) is 41.3 Å². The number of halogens is 1. The normalized spacial score (nSPS) is 10.7. The second-order valence-corrected chi connectivity index (χ2v) is 7.37. The number of para-hydroxylation sites is 1. The number of thiazole rings is 1. The van der Waals surface area contributed by atoms with Crippen LogP contribution in [0.25, 0.3) is 10.2 Å². The average molecular weight is 380 g/mol. The molecule has 24 heavy (non-hydrogen) atoms. The number of anilines is 1. The number of nitro groups is 1. The van der Waals surface area contributed by atoms with Gasteiger partial charge in [0.25, 0.3) is 5.69 Å². The Labute approximate surface area is 150 Å². The largest absolute Gasteiger partial charge is 0.325 e. The molecule has 0 aliphatic heterocycles. The second kappa shape index (κ2) is 7.16. The van der Waals surface area contributed by atoms with E-state index in [2.05, 4.69) is 10.3 Å². The third kappa shape index (κ3) is 3.84. The van der Waals surface area contributed by atoms with Crippen LogP contribution in [0, 0.1) is 10.1 Å². The lowest BCUT2D eigenvalue weighted by Gasteiger charge is -2.04. The maximum atomic E-state index is 12.0. The molecule has 0 saturated carbocycles. The number of nitrogens with zero attached hydrogens (tertiary/aromatic N) is 2. The van der Waals surface area contributed by atoms with Gasteiger partial charge in [0.15, 0.2) is 4.34 Å². The van der Waals surface area contributed by atoms with Crippen molar-refractivity contribution < 1.29 is 9.72 Å². The van der Waals surface area contributed by atoms with Crippen LogP contribution in [0.1, 0.15) is 0 Å². The Bertz CT molecular complexity index is 896. The fourth-order valence-corrected chi connectivity index (χ4v) is 4.02. The molecule has 0 bridgehead atoms. The Morgan fingerprint density at radius 3 is 2.88 bits per heavy atom. The number of nitro benzene ring substituents is 1. The molecule has 1 heterocycles. The van der Waals surface area contributed by atoms with Crippen molar-refractivity contribution in [2.45, 2.75) is 4.34 Å². The van der Waals surface area contributed by atoms with Crippen LogP contribution in [0.15, 0.2) is 46.8 Å². The van der Waals surface area contributed by atoms with Gasteiger partial charge < -0.3 is 5.32 Å². The van der Waals surface area contributed by atoms with E-state index in [4.69, 9.17) is 11.6 Å². The van der Waals surface area contributed by atoms with Crippen LogP contribution in [0.5, 0.6) is 0 Å². The molecule has 3 rings (SSSR count). The minimum absolute atomic E-state index is 0.0295. The molecular formula is C15H10ClN3O3S2. The molecule has 1 amide bonds. The number of thioether (sulfide) groups is 1. The van der Waals surface area contributed by atoms with Crippen molar-refractivity contribution in [2.24, 2.45) is 0 Å². The number of carbonyl (C=O) groups is 1. The van der Waals surface area contributed by atoms with Crippen molar-refractivity contribution in [3.05, 3.63) is 57.6 Å². The summed E-state index contributed by atoms with van der Waals surface area (Å²) in [7, 11) is 0. The van der Waals surface area contributed by atoms with Crippen molar-refractivity contribution in [2.75, 3.05) is 11.1 Å². The lowest BCUT2D eigenvalue weighted by Crippen LogP contribution is -2.14. The first-order chi connectivity index (χ1) is 11.5. The predicted molar refractivity (Wildman–Crippen MR) is 97.1 cm³/mol. The van der Waals surface area contributed by atoms with Crippen molar-refractivity contribution in [1.29, 1.82) is 0 Å². The first-order valence-electron chi connectivity index (χ1n) is 6.75. The highest BCUT2D eigenvalue weighted by Crippen LogP contribution is 2.30. The lowest BCUT2D eigenvalue weighted by atomic mass is 10.3. The molecular weight excluding hydrogens is 370 g/mol. The zero-order chi connectivity index (χ0) is 17.1. The molecule has 0 saturated heterocycles. The molecule has 0 unspecified atom stereocenters. The van der Waals surface area contributed by atoms with Crippen LogP contribution < -0.4 is 5.32 Å². The third-order valence-corrected chi connectivity index (χ3v) is 5.53. The Morgan fingerprint density at radius 1 is 1.33 bits per heavy atom. The smallest absolute Gasteiger partial charge is 0.289 e. The van der Waals surface area contributed by atoms with Crippen molar-refractivity contribution in [3.63, 3.8) is 0 Å². The van der Waals surface area contributed by atoms with E-state index in [1.807, 2.05) is 24.3 Å². The van der Waals surface area contributed by atoms with E-state index < -0.39 is 4.92 Å². The molecule has 9 heteroatoms.